The Morgan fingerprint density at radius 1 is 1.21 bits per heavy atom. The summed E-state index contributed by atoms with van der Waals surface area (Å²) in [5, 5.41) is 4.88. The monoisotopic (exact) mass is 413 g/mol. The molecular weight excluding hydrogens is 401 g/mol. The van der Waals surface area contributed by atoms with Gasteiger partial charge in [-0.3, -0.25) is 14.2 Å². The van der Waals surface area contributed by atoms with Gasteiger partial charge >= 0.3 is 0 Å². The number of amides is 1. The highest BCUT2D eigenvalue weighted by atomic mass is 35.5. The van der Waals surface area contributed by atoms with Crippen molar-refractivity contribution in [2.75, 3.05) is 5.32 Å². The molecule has 140 valence electrons. The van der Waals surface area contributed by atoms with Crippen LogP contribution in [-0.2, 0) is 11.3 Å². The summed E-state index contributed by atoms with van der Waals surface area (Å²) < 4.78 is 14.5. The van der Waals surface area contributed by atoms with E-state index >= 15 is 0 Å². The molecule has 2 heterocycles. The molecule has 4 aromatic rings. The Labute approximate surface area is 168 Å². The first kappa shape index (κ1) is 18.3. The van der Waals surface area contributed by atoms with E-state index in [9.17, 15) is 14.0 Å². The van der Waals surface area contributed by atoms with Gasteiger partial charge in [-0.1, -0.05) is 41.9 Å². The molecule has 0 aliphatic carbocycles. The van der Waals surface area contributed by atoms with Gasteiger partial charge in [-0.05, 0) is 23.8 Å². The molecule has 4 rings (SSSR count). The number of aromatic nitrogens is 2. The van der Waals surface area contributed by atoms with Crippen molar-refractivity contribution in [3.05, 3.63) is 81.4 Å². The zero-order valence-corrected chi connectivity index (χ0v) is 15.9. The summed E-state index contributed by atoms with van der Waals surface area (Å²) in [4.78, 5) is 30.2. The normalized spacial score (nSPS) is 10.9. The van der Waals surface area contributed by atoms with Crippen LogP contribution in [0.1, 0.15) is 0 Å². The molecule has 2 aromatic carbocycles. The lowest BCUT2D eigenvalue weighted by Gasteiger charge is -2.08. The lowest BCUT2D eigenvalue weighted by atomic mass is 10.1. The van der Waals surface area contributed by atoms with Gasteiger partial charge in [0.25, 0.3) is 5.56 Å². The summed E-state index contributed by atoms with van der Waals surface area (Å²) in [6.07, 6.45) is 1.35. The van der Waals surface area contributed by atoms with Crippen molar-refractivity contribution in [3.8, 4) is 11.1 Å². The summed E-state index contributed by atoms with van der Waals surface area (Å²) in [5.41, 5.74) is 1.75. The van der Waals surface area contributed by atoms with Gasteiger partial charge in [0.15, 0.2) is 0 Å². The van der Waals surface area contributed by atoms with E-state index in [-0.39, 0.29) is 17.1 Å². The van der Waals surface area contributed by atoms with E-state index in [1.165, 1.54) is 34.4 Å². The SMILES string of the molecule is O=C(Cn1cnc2scc(-c3ccccc3)c2c1=O)Nc1ccc(F)c(Cl)c1. The average Bonchev–Trinajstić information content (AvgIpc) is 3.12. The summed E-state index contributed by atoms with van der Waals surface area (Å²) in [7, 11) is 0. The molecule has 0 spiro atoms. The summed E-state index contributed by atoms with van der Waals surface area (Å²) in [6.45, 7) is -0.221. The number of fused-ring (bicyclic) bond motifs is 1. The highest BCUT2D eigenvalue weighted by Crippen LogP contribution is 2.30. The van der Waals surface area contributed by atoms with E-state index in [4.69, 9.17) is 11.6 Å². The first-order valence-corrected chi connectivity index (χ1v) is 9.55. The van der Waals surface area contributed by atoms with Gasteiger partial charge in [0.2, 0.25) is 5.91 Å². The minimum atomic E-state index is -0.573. The Hall–Kier alpha value is -3.03. The average molecular weight is 414 g/mol. The maximum Gasteiger partial charge on any atom is 0.263 e. The molecule has 1 amide bonds. The van der Waals surface area contributed by atoms with Crippen LogP contribution in [0.25, 0.3) is 21.3 Å². The number of thiophene rings is 1. The van der Waals surface area contributed by atoms with Crippen LogP contribution in [0.3, 0.4) is 0 Å². The molecule has 0 atom stereocenters. The number of hydrogen-bond donors (Lipinski definition) is 1. The Morgan fingerprint density at radius 3 is 2.75 bits per heavy atom. The van der Waals surface area contributed by atoms with Crippen molar-refractivity contribution < 1.29 is 9.18 Å². The second-order valence-corrected chi connectivity index (χ2v) is 7.32. The Kier molecular flexibility index (Phi) is 4.93. The minimum absolute atomic E-state index is 0.0937. The zero-order valence-electron chi connectivity index (χ0n) is 14.4. The Balaban J connectivity index is 1.64. The van der Waals surface area contributed by atoms with Crippen molar-refractivity contribution in [2.24, 2.45) is 0 Å². The van der Waals surface area contributed by atoms with E-state index in [1.807, 2.05) is 35.7 Å². The lowest BCUT2D eigenvalue weighted by molar-refractivity contribution is -0.116. The van der Waals surface area contributed by atoms with Gasteiger partial charge in [-0.15, -0.1) is 11.3 Å². The van der Waals surface area contributed by atoms with E-state index < -0.39 is 11.7 Å². The molecule has 2 aromatic heterocycles. The number of carbonyl (C=O) groups is 1. The first-order chi connectivity index (χ1) is 13.5. The largest absolute Gasteiger partial charge is 0.324 e. The van der Waals surface area contributed by atoms with Gasteiger partial charge in [0, 0.05) is 16.6 Å². The number of benzene rings is 2. The molecule has 0 saturated carbocycles. The number of nitrogens with one attached hydrogen (secondary N) is 1. The second kappa shape index (κ2) is 7.53. The van der Waals surface area contributed by atoms with E-state index in [2.05, 4.69) is 10.3 Å². The minimum Gasteiger partial charge on any atom is -0.324 e. The number of halogens is 2. The van der Waals surface area contributed by atoms with Crippen LogP contribution < -0.4 is 10.9 Å². The van der Waals surface area contributed by atoms with Crippen LogP contribution in [0.5, 0.6) is 0 Å². The third-order valence-corrected chi connectivity index (χ3v) is 5.34. The van der Waals surface area contributed by atoms with Crippen LogP contribution in [0.15, 0.2) is 65.0 Å². The molecule has 28 heavy (non-hydrogen) atoms. The molecule has 0 saturated heterocycles. The van der Waals surface area contributed by atoms with Gasteiger partial charge in [-0.25, -0.2) is 9.37 Å². The topological polar surface area (TPSA) is 64.0 Å². The fourth-order valence-corrected chi connectivity index (χ4v) is 3.93. The van der Waals surface area contributed by atoms with E-state index in [1.54, 1.807) is 0 Å². The molecule has 0 fully saturated rings. The third-order valence-electron chi connectivity index (χ3n) is 4.16. The maximum absolute atomic E-state index is 13.2. The fourth-order valence-electron chi connectivity index (χ4n) is 2.84. The van der Waals surface area contributed by atoms with Crippen molar-refractivity contribution >= 4 is 44.7 Å². The predicted molar refractivity (Wildman–Crippen MR) is 109 cm³/mol. The van der Waals surface area contributed by atoms with Crippen molar-refractivity contribution in [2.45, 2.75) is 6.54 Å². The first-order valence-electron chi connectivity index (χ1n) is 8.30. The van der Waals surface area contributed by atoms with Crippen LogP contribution in [0.4, 0.5) is 10.1 Å². The smallest absolute Gasteiger partial charge is 0.263 e. The van der Waals surface area contributed by atoms with Gasteiger partial charge < -0.3 is 5.32 Å². The lowest BCUT2D eigenvalue weighted by Crippen LogP contribution is -2.27. The van der Waals surface area contributed by atoms with Gasteiger partial charge in [-0.2, -0.15) is 0 Å². The van der Waals surface area contributed by atoms with E-state index in [0.717, 1.165) is 17.2 Å². The number of rotatable bonds is 4. The number of anilines is 1. The van der Waals surface area contributed by atoms with Gasteiger partial charge in [0.05, 0.1) is 16.7 Å². The highest BCUT2D eigenvalue weighted by molar-refractivity contribution is 7.17. The molecule has 8 heteroatoms. The predicted octanol–water partition coefficient (Wildman–Crippen LogP) is 4.56. The number of hydrogen-bond acceptors (Lipinski definition) is 4. The maximum atomic E-state index is 13.2. The Bertz CT molecular complexity index is 1240. The molecule has 0 aliphatic heterocycles. The summed E-state index contributed by atoms with van der Waals surface area (Å²) in [6, 6.07) is 13.4. The van der Waals surface area contributed by atoms with Crippen LogP contribution in [0.2, 0.25) is 5.02 Å². The molecular formula is C20H13ClFN3O2S. The van der Waals surface area contributed by atoms with E-state index in [0.29, 0.717) is 15.9 Å². The molecule has 0 aliphatic rings. The Morgan fingerprint density at radius 2 is 2.00 bits per heavy atom. The van der Waals surface area contributed by atoms with Crippen molar-refractivity contribution in [1.82, 2.24) is 9.55 Å². The van der Waals surface area contributed by atoms with Gasteiger partial charge in [0.1, 0.15) is 17.2 Å². The molecule has 1 N–H and O–H groups in total. The number of nitrogens with zero attached hydrogens (tertiary/aromatic N) is 2. The van der Waals surface area contributed by atoms with Crippen LogP contribution >= 0.6 is 22.9 Å². The highest BCUT2D eigenvalue weighted by Gasteiger charge is 2.15. The van der Waals surface area contributed by atoms with Crippen LogP contribution in [-0.4, -0.2) is 15.5 Å². The van der Waals surface area contributed by atoms with Crippen molar-refractivity contribution in [3.63, 3.8) is 0 Å². The molecule has 5 nitrogen and oxygen atoms in total. The van der Waals surface area contributed by atoms with Crippen molar-refractivity contribution in [1.29, 1.82) is 0 Å². The quantitative estimate of drug-likeness (QED) is 0.533. The second-order valence-electron chi connectivity index (χ2n) is 6.05. The molecule has 0 unspecified atom stereocenters. The number of carbonyl (C=O) groups excluding carboxylic acids is 1. The zero-order chi connectivity index (χ0) is 19.7. The third kappa shape index (κ3) is 3.54. The fraction of sp³-hybridized carbons (Fsp3) is 0.0500. The molecule has 0 bridgehead atoms. The summed E-state index contributed by atoms with van der Waals surface area (Å²) >= 11 is 7.10. The molecule has 0 radical (unpaired) electrons. The van der Waals surface area contributed by atoms with Crippen LogP contribution in [0, 0.1) is 5.82 Å². The standard InChI is InChI=1S/C20H13ClFN3O2S/c21-15-8-13(6-7-16(15)22)24-17(26)9-25-11-23-19-18(20(25)27)14(10-28-19)12-4-2-1-3-5-12/h1-8,10-11H,9H2,(H,24,26). The summed E-state index contributed by atoms with van der Waals surface area (Å²) in [5.74, 6) is -1.01.